The van der Waals surface area contributed by atoms with Crippen molar-refractivity contribution in [2.75, 3.05) is 26.1 Å². The summed E-state index contributed by atoms with van der Waals surface area (Å²) in [5.74, 6) is 1.25. The van der Waals surface area contributed by atoms with Gasteiger partial charge in [-0.3, -0.25) is 4.79 Å². The first-order valence-electron chi connectivity index (χ1n) is 7.44. The van der Waals surface area contributed by atoms with Crippen molar-refractivity contribution in [2.24, 2.45) is 0 Å². The summed E-state index contributed by atoms with van der Waals surface area (Å²) in [6.45, 7) is 2.13. The van der Waals surface area contributed by atoms with E-state index in [2.05, 4.69) is 10.6 Å². The van der Waals surface area contributed by atoms with Crippen LogP contribution in [0.4, 0.5) is 5.69 Å². The number of benzene rings is 2. The zero-order valence-corrected chi connectivity index (χ0v) is 13.6. The summed E-state index contributed by atoms with van der Waals surface area (Å²) in [6, 6.07) is 15.2. The Kier molecular flexibility index (Phi) is 5.86. The third-order valence-electron chi connectivity index (χ3n) is 3.53. The number of methoxy groups -OCH3 is 2. The summed E-state index contributed by atoms with van der Waals surface area (Å²) in [4.78, 5) is 12.1. The van der Waals surface area contributed by atoms with Crippen LogP contribution in [0.1, 0.15) is 18.5 Å². The van der Waals surface area contributed by atoms with Crippen molar-refractivity contribution in [3.8, 4) is 11.5 Å². The van der Waals surface area contributed by atoms with Crippen LogP contribution in [0.2, 0.25) is 0 Å². The summed E-state index contributed by atoms with van der Waals surface area (Å²) in [5.41, 5.74) is 1.82. The van der Waals surface area contributed by atoms with Gasteiger partial charge in [-0.2, -0.15) is 0 Å². The first kappa shape index (κ1) is 16.7. The van der Waals surface area contributed by atoms with Gasteiger partial charge in [0, 0.05) is 6.07 Å². The topological polar surface area (TPSA) is 59.6 Å². The second-order valence-electron chi connectivity index (χ2n) is 5.12. The van der Waals surface area contributed by atoms with Crippen molar-refractivity contribution in [1.29, 1.82) is 0 Å². The van der Waals surface area contributed by atoms with Gasteiger partial charge in [0.05, 0.1) is 32.5 Å². The molecule has 5 heteroatoms. The molecule has 1 unspecified atom stereocenters. The molecule has 2 rings (SSSR count). The molecule has 5 nitrogen and oxygen atoms in total. The lowest BCUT2D eigenvalue weighted by Gasteiger charge is -2.16. The first-order valence-corrected chi connectivity index (χ1v) is 7.44. The van der Waals surface area contributed by atoms with Crippen molar-refractivity contribution < 1.29 is 14.3 Å². The molecule has 122 valence electrons. The number of nitrogens with one attached hydrogen (secondary N) is 2. The van der Waals surface area contributed by atoms with E-state index in [1.807, 2.05) is 49.4 Å². The summed E-state index contributed by atoms with van der Waals surface area (Å²) < 4.78 is 10.4. The zero-order chi connectivity index (χ0) is 16.7. The Morgan fingerprint density at radius 1 is 1.09 bits per heavy atom. The second-order valence-corrected chi connectivity index (χ2v) is 5.12. The van der Waals surface area contributed by atoms with Crippen LogP contribution in [0.25, 0.3) is 0 Å². The van der Waals surface area contributed by atoms with E-state index in [1.54, 1.807) is 20.3 Å². The van der Waals surface area contributed by atoms with Crippen molar-refractivity contribution in [3.63, 3.8) is 0 Å². The van der Waals surface area contributed by atoms with E-state index in [-0.39, 0.29) is 18.5 Å². The Balaban J connectivity index is 1.92. The van der Waals surface area contributed by atoms with Crippen LogP contribution in [0.15, 0.2) is 48.5 Å². The highest BCUT2D eigenvalue weighted by molar-refractivity contribution is 5.81. The van der Waals surface area contributed by atoms with Gasteiger partial charge < -0.3 is 20.1 Å². The molecule has 0 heterocycles. The van der Waals surface area contributed by atoms with Gasteiger partial charge in [0.1, 0.15) is 11.5 Å². The average Bonchev–Trinajstić information content (AvgIpc) is 2.60. The molecule has 0 aliphatic rings. The van der Waals surface area contributed by atoms with Crippen LogP contribution < -0.4 is 20.1 Å². The molecule has 0 saturated carbocycles. The van der Waals surface area contributed by atoms with Crippen LogP contribution in [-0.2, 0) is 4.79 Å². The third kappa shape index (κ3) is 4.64. The van der Waals surface area contributed by atoms with Gasteiger partial charge in [-0.1, -0.05) is 30.3 Å². The van der Waals surface area contributed by atoms with Crippen LogP contribution in [0.3, 0.4) is 0 Å². The first-order chi connectivity index (χ1) is 11.1. The number of hydrogen-bond acceptors (Lipinski definition) is 4. The van der Waals surface area contributed by atoms with Gasteiger partial charge in [-0.05, 0) is 24.6 Å². The fourth-order valence-electron chi connectivity index (χ4n) is 2.24. The molecule has 2 aromatic carbocycles. The lowest BCUT2D eigenvalue weighted by atomic mass is 10.1. The molecule has 0 radical (unpaired) electrons. The van der Waals surface area contributed by atoms with Crippen LogP contribution >= 0.6 is 0 Å². The highest BCUT2D eigenvalue weighted by Gasteiger charge is 2.10. The Hall–Kier alpha value is -2.69. The summed E-state index contributed by atoms with van der Waals surface area (Å²) in [7, 11) is 3.18. The van der Waals surface area contributed by atoms with Gasteiger partial charge in [-0.15, -0.1) is 0 Å². The molecule has 0 aromatic heterocycles. The fourth-order valence-corrected chi connectivity index (χ4v) is 2.24. The number of ether oxygens (including phenoxy) is 2. The highest BCUT2D eigenvalue weighted by Crippen LogP contribution is 2.28. The van der Waals surface area contributed by atoms with Crippen LogP contribution in [0.5, 0.6) is 11.5 Å². The number of carbonyl (C=O) groups excluding carboxylic acids is 1. The molecule has 0 bridgehead atoms. The molecule has 0 saturated heterocycles. The number of carbonyl (C=O) groups is 1. The monoisotopic (exact) mass is 314 g/mol. The number of rotatable bonds is 7. The fraction of sp³-hybridized carbons (Fsp3) is 0.278. The average molecular weight is 314 g/mol. The molecule has 0 fully saturated rings. The largest absolute Gasteiger partial charge is 0.497 e. The Morgan fingerprint density at radius 2 is 1.83 bits per heavy atom. The van der Waals surface area contributed by atoms with Crippen LogP contribution in [-0.4, -0.2) is 26.7 Å². The third-order valence-corrected chi connectivity index (χ3v) is 3.53. The van der Waals surface area contributed by atoms with Gasteiger partial charge in [-0.25, -0.2) is 0 Å². The number of anilines is 1. The van der Waals surface area contributed by atoms with E-state index in [1.165, 1.54) is 0 Å². The van der Waals surface area contributed by atoms with Gasteiger partial charge >= 0.3 is 0 Å². The molecule has 2 aromatic rings. The van der Waals surface area contributed by atoms with Crippen molar-refractivity contribution in [2.45, 2.75) is 13.0 Å². The Labute approximate surface area is 136 Å². The predicted octanol–water partition coefficient (Wildman–Crippen LogP) is 2.99. The number of hydrogen-bond donors (Lipinski definition) is 2. The standard InChI is InChI=1S/C18H22N2O3/c1-13(14-7-5-4-6-8-14)20-18(21)12-19-16-10-9-15(22-2)11-17(16)23-3/h4-11,13,19H,12H2,1-3H3,(H,20,21). The molecular formula is C18H22N2O3. The molecule has 0 aliphatic heterocycles. The molecule has 23 heavy (non-hydrogen) atoms. The van der Waals surface area contributed by atoms with E-state index < -0.39 is 0 Å². The second kappa shape index (κ2) is 8.08. The maximum atomic E-state index is 12.1. The van der Waals surface area contributed by atoms with Crippen molar-refractivity contribution in [1.82, 2.24) is 5.32 Å². The zero-order valence-electron chi connectivity index (χ0n) is 13.6. The summed E-state index contributed by atoms with van der Waals surface area (Å²) in [6.07, 6.45) is 0. The minimum absolute atomic E-state index is 0.0386. The van der Waals surface area contributed by atoms with Crippen molar-refractivity contribution >= 4 is 11.6 Å². The maximum absolute atomic E-state index is 12.1. The molecule has 2 N–H and O–H groups in total. The molecule has 0 spiro atoms. The van der Waals surface area contributed by atoms with Gasteiger partial charge in [0.25, 0.3) is 0 Å². The molecule has 1 amide bonds. The van der Waals surface area contributed by atoms with E-state index in [0.29, 0.717) is 11.5 Å². The maximum Gasteiger partial charge on any atom is 0.239 e. The van der Waals surface area contributed by atoms with Crippen molar-refractivity contribution in [3.05, 3.63) is 54.1 Å². The Morgan fingerprint density at radius 3 is 2.48 bits per heavy atom. The van der Waals surface area contributed by atoms with Gasteiger partial charge in [0.2, 0.25) is 5.91 Å². The molecule has 1 atom stereocenters. The van der Waals surface area contributed by atoms with E-state index >= 15 is 0 Å². The van der Waals surface area contributed by atoms with Gasteiger partial charge in [0.15, 0.2) is 0 Å². The quantitative estimate of drug-likeness (QED) is 0.825. The summed E-state index contributed by atoms with van der Waals surface area (Å²) >= 11 is 0. The predicted molar refractivity (Wildman–Crippen MR) is 91.0 cm³/mol. The number of amides is 1. The minimum Gasteiger partial charge on any atom is -0.497 e. The lowest BCUT2D eigenvalue weighted by Crippen LogP contribution is -2.32. The summed E-state index contributed by atoms with van der Waals surface area (Å²) in [5, 5.41) is 6.04. The lowest BCUT2D eigenvalue weighted by molar-refractivity contribution is -0.120. The normalized spacial score (nSPS) is 11.4. The SMILES string of the molecule is COc1ccc(NCC(=O)NC(C)c2ccccc2)c(OC)c1. The molecule has 0 aliphatic carbocycles. The van der Waals surface area contributed by atoms with E-state index in [0.717, 1.165) is 11.3 Å². The minimum atomic E-state index is -0.0841. The smallest absolute Gasteiger partial charge is 0.239 e. The molecular weight excluding hydrogens is 292 g/mol. The van der Waals surface area contributed by atoms with E-state index in [4.69, 9.17) is 9.47 Å². The highest BCUT2D eigenvalue weighted by atomic mass is 16.5. The van der Waals surface area contributed by atoms with Crippen LogP contribution in [0, 0.1) is 0 Å². The Bertz CT molecular complexity index is 644. The van der Waals surface area contributed by atoms with E-state index in [9.17, 15) is 4.79 Å².